The van der Waals surface area contributed by atoms with E-state index in [2.05, 4.69) is 4.18 Å². The van der Waals surface area contributed by atoms with Gasteiger partial charge in [-0.05, 0) is 0 Å². The number of aliphatic hydroxyl groups is 1. The first-order valence-electron chi connectivity index (χ1n) is 8.38. The molecule has 1 N–H and O–H groups in total. The number of hydrogen-bond donors (Lipinski definition) is 1. The van der Waals surface area contributed by atoms with Crippen LogP contribution in [0.4, 0.5) is 8.28 Å². The number of aryl methyl sites for hydroxylation is 1. The van der Waals surface area contributed by atoms with Gasteiger partial charge >= 0.3 is 166 Å². The Morgan fingerprint density at radius 3 is 2.43 bits per heavy atom. The molecule has 0 atom stereocenters. The van der Waals surface area contributed by atoms with E-state index < -0.39 is 37.5 Å². The Labute approximate surface area is 188 Å². The van der Waals surface area contributed by atoms with Crippen molar-refractivity contribution >= 4 is 27.7 Å². The van der Waals surface area contributed by atoms with Gasteiger partial charge < -0.3 is 4.18 Å². The van der Waals surface area contributed by atoms with Crippen LogP contribution in [0.3, 0.4) is 0 Å². The second-order valence-electron chi connectivity index (χ2n) is 6.16. The third kappa shape index (κ3) is 6.19. The van der Waals surface area contributed by atoms with Gasteiger partial charge in [0.05, 0.1) is 0 Å². The molecular formula is C20H15ClF2IO5S-. The predicted molar refractivity (Wildman–Crippen MR) is 105 cm³/mol. The fourth-order valence-corrected chi connectivity index (χ4v) is 4.69. The molecule has 5 nitrogen and oxygen atoms in total. The molecule has 0 radical (unpaired) electrons. The van der Waals surface area contributed by atoms with E-state index in [9.17, 15) is 21.8 Å². The second-order valence-corrected chi connectivity index (χ2v) is 9.90. The Hall–Kier alpha value is -2.11. The van der Waals surface area contributed by atoms with E-state index in [4.69, 9.17) is 16.3 Å². The van der Waals surface area contributed by atoms with E-state index in [1.165, 1.54) is 30.3 Å². The molecule has 0 amide bonds. The summed E-state index contributed by atoms with van der Waals surface area (Å²) >= 11 is 5.39. The molecule has 0 spiro atoms. The molecule has 0 bridgehead atoms. The summed E-state index contributed by atoms with van der Waals surface area (Å²) in [5, 5.41) is 10.4. The first-order valence-corrected chi connectivity index (χ1v) is 12.4. The van der Waals surface area contributed by atoms with Gasteiger partial charge in [-0.15, -0.1) is 0 Å². The number of halogens is 4. The van der Waals surface area contributed by atoms with Gasteiger partial charge in [0.15, 0.2) is 0 Å². The van der Waals surface area contributed by atoms with Gasteiger partial charge in [-0.2, -0.15) is 8.42 Å². The van der Waals surface area contributed by atoms with Crippen LogP contribution in [0.2, 0.25) is 0 Å². The monoisotopic (exact) mass is 567 g/mol. The first-order chi connectivity index (χ1) is 14.1. The van der Waals surface area contributed by atoms with E-state index >= 15 is 0 Å². The summed E-state index contributed by atoms with van der Waals surface area (Å²) < 4.78 is 59.9. The van der Waals surface area contributed by atoms with Crippen molar-refractivity contribution in [2.24, 2.45) is 0 Å². The van der Waals surface area contributed by atoms with Crippen molar-refractivity contribution in [1.82, 2.24) is 0 Å². The predicted octanol–water partition coefficient (Wildman–Crippen LogP) is 2.27. The van der Waals surface area contributed by atoms with Crippen molar-refractivity contribution in [1.29, 1.82) is 0 Å². The number of benzene rings is 2. The average Bonchev–Trinajstić information content (AvgIpc) is 2.82. The van der Waals surface area contributed by atoms with Crippen molar-refractivity contribution in [3.63, 3.8) is 0 Å². The summed E-state index contributed by atoms with van der Waals surface area (Å²) in [6.45, 7) is 1.66. The number of aliphatic hydroxyl groups excluding tert-OH is 1. The van der Waals surface area contributed by atoms with E-state index in [-0.39, 0.29) is 16.1 Å². The summed E-state index contributed by atoms with van der Waals surface area (Å²) in [6.07, 6.45) is 3.26. The zero-order chi connectivity index (χ0) is 21.9. The fourth-order valence-electron chi connectivity index (χ4n) is 2.64. The van der Waals surface area contributed by atoms with Gasteiger partial charge in [-0.3, -0.25) is 0 Å². The molecule has 0 saturated carbocycles. The van der Waals surface area contributed by atoms with Crippen molar-refractivity contribution in [2.45, 2.75) is 13.5 Å². The van der Waals surface area contributed by atoms with Crippen LogP contribution in [0.5, 0.6) is 11.5 Å². The molecular weight excluding hydrogens is 553 g/mol. The second kappa shape index (κ2) is 9.36. The Kier molecular flexibility index (Phi) is 7.04. The van der Waals surface area contributed by atoms with Crippen molar-refractivity contribution in [3.8, 4) is 11.5 Å². The fraction of sp³-hybridized carbons (Fsp3) is 0.100. The van der Waals surface area contributed by atoms with Crippen LogP contribution >= 0.6 is 11.6 Å². The summed E-state index contributed by atoms with van der Waals surface area (Å²) in [4.78, 5) is 0. The van der Waals surface area contributed by atoms with Gasteiger partial charge in [-0.1, -0.05) is 3.89 Å². The maximum atomic E-state index is 14.8. The van der Waals surface area contributed by atoms with Crippen molar-refractivity contribution < 1.29 is 51.9 Å². The standard InChI is InChI=1S/C20H15ClF2IO5S/c1-12-6-13(14-7-15(21)10-24-20(25)9-14)8-19(22)18(12)11-28-16-2-4-17(5-3-16)29-30(23,26)27/h2-10,25H,11H2,1H3/q-1. The SMILES string of the molecule is Cc1cc(C2=CC(Cl)=C[I-]C(O)=C2)cc(F)c1COc1ccc(OS(=O)(=O)F)cc1. The summed E-state index contributed by atoms with van der Waals surface area (Å²) in [5.41, 5.74) is 2.16. The molecule has 0 aliphatic carbocycles. The molecule has 10 heteroatoms. The Morgan fingerprint density at radius 1 is 1.13 bits per heavy atom. The van der Waals surface area contributed by atoms with Crippen molar-refractivity contribution in [3.05, 3.63) is 83.9 Å². The molecule has 3 rings (SSSR count). The molecule has 1 heterocycles. The summed E-state index contributed by atoms with van der Waals surface area (Å²) in [5.74, 6) is -0.373. The topological polar surface area (TPSA) is 72.8 Å². The van der Waals surface area contributed by atoms with Gasteiger partial charge in [-0.25, -0.2) is 0 Å². The van der Waals surface area contributed by atoms with Crippen LogP contribution in [0, 0.1) is 12.7 Å². The molecule has 2 aromatic carbocycles. The van der Waals surface area contributed by atoms with E-state index in [1.807, 2.05) is 0 Å². The zero-order valence-corrected chi connectivity index (χ0v) is 19.1. The van der Waals surface area contributed by atoms with Crippen LogP contribution in [0.25, 0.3) is 5.57 Å². The van der Waals surface area contributed by atoms with Crippen LogP contribution in [0.1, 0.15) is 16.7 Å². The van der Waals surface area contributed by atoms with Crippen LogP contribution < -0.4 is 30.1 Å². The van der Waals surface area contributed by atoms with Crippen LogP contribution in [-0.4, -0.2) is 13.5 Å². The van der Waals surface area contributed by atoms with Crippen LogP contribution in [0.15, 0.2) is 61.4 Å². The molecule has 30 heavy (non-hydrogen) atoms. The molecule has 1 aliphatic heterocycles. The number of ether oxygens (including phenoxy) is 1. The maximum absolute atomic E-state index is 14.8. The minimum absolute atomic E-state index is 0.0775. The Morgan fingerprint density at radius 2 is 1.80 bits per heavy atom. The van der Waals surface area contributed by atoms with Gasteiger partial charge in [0, 0.05) is 0 Å². The van der Waals surface area contributed by atoms with Crippen LogP contribution in [-0.2, 0) is 17.1 Å². The Bertz CT molecular complexity index is 1140. The average molecular weight is 568 g/mol. The number of allylic oxidation sites excluding steroid dienone is 4. The minimum atomic E-state index is -5.10. The van der Waals surface area contributed by atoms with Gasteiger partial charge in [0.25, 0.3) is 0 Å². The molecule has 1 aliphatic rings. The summed E-state index contributed by atoms with van der Waals surface area (Å²) in [6, 6.07) is 8.31. The quantitative estimate of drug-likeness (QED) is 0.429. The molecule has 0 unspecified atom stereocenters. The van der Waals surface area contributed by atoms with E-state index in [0.29, 0.717) is 33.0 Å². The summed E-state index contributed by atoms with van der Waals surface area (Å²) in [7, 11) is -5.10. The molecule has 160 valence electrons. The molecule has 0 saturated heterocycles. The third-order valence-electron chi connectivity index (χ3n) is 3.99. The van der Waals surface area contributed by atoms with Crippen molar-refractivity contribution in [2.75, 3.05) is 0 Å². The number of hydrogen-bond acceptors (Lipinski definition) is 5. The molecule has 0 aromatic heterocycles. The van der Waals surface area contributed by atoms with Gasteiger partial charge in [0.2, 0.25) is 0 Å². The first kappa shape index (κ1) is 22.6. The Balaban J connectivity index is 1.77. The third-order valence-corrected chi connectivity index (χ3v) is 6.90. The molecule has 2 aromatic rings. The number of rotatable bonds is 6. The molecule has 0 fully saturated rings. The van der Waals surface area contributed by atoms with E-state index in [0.717, 1.165) is 0 Å². The normalized spacial score (nSPS) is 14.6. The van der Waals surface area contributed by atoms with Gasteiger partial charge in [0.1, 0.15) is 5.75 Å². The zero-order valence-electron chi connectivity index (χ0n) is 15.4. The van der Waals surface area contributed by atoms with E-state index in [1.54, 1.807) is 29.2 Å².